The maximum absolute atomic E-state index is 14.1. The molecule has 3 aromatic carbocycles. The lowest BCUT2D eigenvalue weighted by Gasteiger charge is -2.32. The molecule has 0 aliphatic carbocycles. The van der Waals surface area contributed by atoms with Crippen LogP contribution in [0.5, 0.6) is 0 Å². The van der Waals surface area contributed by atoms with Gasteiger partial charge in [-0.3, -0.25) is 14.4 Å². The quantitative estimate of drug-likeness (QED) is 0.191. The fourth-order valence-corrected chi connectivity index (χ4v) is 5.20. The molecular formula is C35H44N2O5. The Morgan fingerprint density at radius 2 is 1.50 bits per heavy atom. The first-order valence-electron chi connectivity index (χ1n) is 14.6. The molecule has 3 N–H and O–H groups in total. The third-order valence-corrected chi connectivity index (χ3v) is 7.46. The van der Waals surface area contributed by atoms with Gasteiger partial charge in [-0.25, -0.2) is 0 Å². The summed E-state index contributed by atoms with van der Waals surface area (Å²) in [6.45, 7) is 8.04. The van der Waals surface area contributed by atoms with Crippen LogP contribution in [0.3, 0.4) is 0 Å². The number of aryl methyl sites for hydroxylation is 1. The Hall–Kier alpha value is -3.97. The lowest BCUT2D eigenvalue weighted by Crippen LogP contribution is -2.54. The number of benzene rings is 3. The average Bonchev–Trinajstić information content (AvgIpc) is 2.95. The molecule has 2 atom stereocenters. The molecule has 0 saturated heterocycles. The number of rotatable bonds is 14. The normalized spacial score (nSPS) is 12.8. The van der Waals surface area contributed by atoms with Crippen molar-refractivity contribution in [3.05, 3.63) is 95.1 Å². The fraction of sp³-hybridized carbons (Fsp3) is 0.400. The molecule has 2 amide bonds. The Bertz CT molecular complexity index is 1330. The number of hydrogen-bond acceptors (Lipinski definition) is 4. The van der Waals surface area contributed by atoms with Gasteiger partial charge in [0.25, 0.3) is 5.91 Å². The summed E-state index contributed by atoms with van der Waals surface area (Å²) >= 11 is 0. The summed E-state index contributed by atoms with van der Waals surface area (Å²) < 4.78 is 5.40. The maximum Gasteiger partial charge on any atom is 0.303 e. The molecule has 3 aromatic rings. The minimum atomic E-state index is -0.809. The van der Waals surface area contributed by atoms with Crippen LogP contribution >= 0.6 is 0 Å². The minimum Gasteiger partial charge on any atom is -0.481 e. The molecule has 224 valence electrons. The first-order chi connectivity index (χ1) is 20.0. The van der Waals surface area contributed by atoms with E-state index in [0.717, 1.165) is 40.7 Å². The van der Waals surface area contributed by atoms with Gasteiger partial charge in [-0.05, 0) is 59.4 Å². The summed E-state index contributed by atoms with van der Waals surface area (Å²) in [4.78, 5) is 38.8. The highest BCUT2D eigenvalue weighted by Crippen LogP contribution is 2.30. The second kappa shape index (κ2) is 15.3. The van der Waals surface area contributed by atoms with Crippen molar-refractivity contribution in [3.8, 4) is 11.1 Å². The van der Waals surface area contributed by atoms with Gasteiger partial charge in [-0.1, -0.05) is 100.0 Å². The van der Waals surface area contributed by atoms with E-state index < -0.39 is 17.4 Å². The van der Waals surface area contributed by atoms with E-state index in [2.05, 4.69) is 10.6 Å². The first kappa shape index (κ1) is 32.5. The Morgan fingerprint density at radius 1 is 0.857 bits per heavy atom. The van der Waals surface area contributed by atoms with E-state index in [1.165, 1.54) is 0 Å². The largest absolute Gasteiger partial charge is 0.481 e. The van der Waals surface area contributed by atoms with Crippen LogP contribution < -0.4 is 10.6 Å². The molecule has 0 fully saturated rings. The molecule has 0 aromatic heterocycles. The number of methoxy groups -OCH3 is 1. The molecule has 7 heteroatoms. The number of hydrogen-bond donors (Lipinski definition) is 3. The predicted octanol–water partition coefficient (Wildman–Crippen LogP) is 6.50. The SMILES string of the molecule is COC[C@@H](NC(=O)[C@@H](NC(=O)c1c(CCCCCC(=O)O)ccc(-c2ccccc2)c1C)C(C)(C)C)c1ccccc1. The lowest BCUT2D eigenvalue weighted by atomic mass is 9.84. The molecule has 0 aliphatic rings. The Labute approximate surface area is 249 Å². The summed E-state index contributed by atoms with van der Waals surface area (Å²) in [7, 11) is 1.59. The zero-order valence-electron chi connectivity index (χ0n) is 25.4. The van der Waals surface area contributed by atoms with Crippen LogP contribution in [0.1, 0.15) is 79.5 Å². The van der Waals surface area contributed by atoms with Crippen LogP contribution in [0.4, 0.5) is 0 Å². The molecule has 0 aliphatic heterocycles. The molecule has 0 spiro atoms. The summed E-state index contributed by atoms with van der Waals surface area (Å²) in [5.41, 5.74) is 4.60. The lowest BCUT2D eigenvalue weighted by molar-refractivity contribution is -0.137. The Balaban J connectivity index is 1.92. The summed E-state index contributed by atoms with van der Waals surface area (Å²) in [6.07, 6.45) is 2.87. The number of ether oxygens (including phenoxy) is 1. The van der Waals surface area contributed by atoms with Gasteiger partial charge in [-0.2, -0.15) is 0 Å². The molecule has 0 radical (unpaired) electrons. The molecule has 0 bridgehead atoms. The topological polar surface area (TPSA) is 105 Å². The number of carboxylic acids is 1. The molecule has 0 unspecified atom stereocenters. The number of carbonyl (C=O) groups is 3. The Kier molecular flexibility index (Phi) is 11.9. The van der Waals surface area contributed by atoms with Gasteiger partial charge in [0, 0.05) is 19.1 Å². The number of nitrogens with one attached hydrogen (secondary N) is 2. The van der Waals surface area contributed by atoms with E-state index in [-0.39, 0.29) is 24.3 Å². The van der Waals surface area contributed by atoms with E-state index in [1.807, 2.05) is 100 Å². The molecule has 7 nitrogen and oxygen atoms in total. The van der Waals surface area contributed by atoms with Crippen molar-refractivity contribution in [2.45, 2.75) is 71.9 Å². The first-order valence-corrected chi connectivity index (χ1v) is 14.6. The number of carbonyl (C=O) groups excluding carboxylic acids is 2. The zero-order chi connectivity index (χ0) is 30.7. The van der Waals surface area contributed by atoms with E-state index in [0.29, 0.717) is 25.0 Å². The monoisotopic (exact) mass is 572 g/mol. The average molecular weight is 573 g/mol. The van der Waals surface area contributed by atoms with Crippen LogP contribution in [0.15, 0.2) is 72.8 Å². The van der Waals surface area contributed by atoms with Crippen molar-refractivity contribution < 1.29 is 24.2 Å². The third kappa shape index (κ3) is 9.02. The maximum atomic E-state index is 14.1. The highest BCUT2D eigenvalue weighted by Gasteiger charge is 2.35. The van der Waals surface area contributed by atoms with E-state index in [9.17, 15) is 14.4 Å². The van der Waals surface area contributed by atoms with Gasteiger partial charge in [0.2, 0.25) is 5.91 Å². The van der Waals surface area contributed by atoms with Crippen LogP contribution in [0.2, 0.25) is 0 Å². The standard InChI is InChI=1S/C35H44N2O5/c1-24-28(25-15-9-6-10-16-25)22-21-27(19-13-8-14-20-30(38)39)31(24)33(40)37-32(35(2,3)4)34(41)36-29(23-42-5)26-17-11-7-12-18-26/h6-7,9-12,15-18,21-22,29,32H,8,13-14,19-20,23H2,1-5H3,(H,36,41)(H,37,40)(H,38,39)/t29-,32-/m1/s1. The molecular weight excluding hydrogens is 528 g/mol. The molecule has 0 heterocycles. The van der Waals surface area contributed by atoms with Crippen molar-refractivity contribution in [2.75, 3.05) is 13.7 Å². The second-order valence-electron chi connectivity index (χ2n) is 11.8. The predicted molar refractivity (Wildman–Crippen MR) is 166 cm³/mol. The van der Waals surface area contributed by atoms with Crippen LogP contribution in [0.25, 0.3) is 11.1 Å². The van der Waals surface area contributed by atoms with E-state index >= 15 is 0 Å². The van der Waals surface area contributed by atoms with E-state index in [4.69, 9.17) is 9.84 Å². The van der Waals surface area contributed by atoms with Gasteiger partial charge < -0.3 is 20.5 Å². The van der Waals surface area contributed by atoms with Crippen LogP contribution in [-0.4, -0.2) is 42.6 Å². The van der Waals surface area contributed by atoms with Crippen molar-refractivity contribution in [2.24, 2.45) is 5.41 Å². The third-order valence-electron chi connectivity index (χ3n) is 7.46. The number of aliphatic carboxylic acids is 1. The second-order valence-corrected chi connectivity index (χ2v) is 11.8. The molecule has 42 heavy (non-hydrogen) atoms. The fourth-order valence-electron chi connectivity index (χ4n) is 5.20. The van der Waals surface area contributed by atoms with Gasteiger partial charge in [0.15, 0.2) is 0 Å². The van der Waals surface area contributed by atoms with E-state index in [1.54, 1.807) is 7.11 Å². The molecule has 3 rings (SSSR count). The van der Waals surface area contributed by atoms with Crippen molar-refractivity contribution in [3.63, 3.8) is 0 Å². The summed E-state index contributed by atoms with van der Waals surface area (Å²) in [5.74, 6) is -1.39. The van der Waals surface area contributed by atoms with Gasteiger partial charge >= 0.3 is 5.97 Å². The molecule has 0 saturated carbocycles. The highest BCUT2D eigenvalue weighted by atomic mass is 16.5. The van der Waals surface area contributed by atoms with Crippen molar-refractivity contribution in [1.29, 1.82) is 0 Å². The number of unbranched alkanes of at least 4 members (excludes halogenated alkanes) is 2. The summed E-state index contributed by atoms with van der Waals surface area (Å²) in [5, 5.41) is 15.1. The van der Waals surface area contributed by atoms with Crippen molar-refractivity contribution in [1.82, 2.24) is 10.6 Å². The van der Waals surface area contributed by atoms with Gasteiger partial charge in [-0.15, -0.1) is 0 Å². The number of carboxylic acid groups (broad SMARTS) is 1. The number of amides is 2. The smallest absolute Gasteiger partial charge is 0.303 e. The highest BCUT2D eigenvalue weighted by molar-refractivity contribution is 6.01. The Morgan fingerprint density at radius 3 is 2.10 bits per heavy atom. The van der Waals surface area contributed by atoms with Gasteiger partial charge in [0.1, 0.15) is 6.04 Å². The van der Waals surface area contributed by atoms with Crippen LogP contribution in [-0.2, 0) is 20.7 Å². The minimum absolute atomic E-state index is 0.134. The van der Waals surface area contributed by atoms with Crippen molar-refractivity contribution >= 4 is 17.8 Å². The summed E-state index contributed by atoms with van der Waals surface area (Å²) in [6, 6.07) is 22.4. The zero-order valence-corrected chi connectivity index (χ0v) is 25.4. The van der Waals surface area contributed by atoms with Gasteiger partial charge in [0.05, 0.1) is 12.6 Å². The van der Waals surface area contributed by atoms with Crippen LogP contribution in [0, 0.1) is 12.3 Å².